The number of rotatable bonds is 6. The molecular weight excluding hydrogens is 444 g/mol. The summed E-state index contributed by atoms with van der Waals surface area (Å²) in [6.45, 7) is 3.92. The van der Waals surface area contributed by atoms with Crippen LogP contribution in [0.2, 0.25) is 0 Å². The largest absolute Gasteiger partial charge is 0.384 e. The number of aliphatic hydroxyl groups is 1. The Morgan fingerprint density at radius 2 is 0.861 bits per heavy atom. The van der Waals surface area contributed by atoms with E-state index in [2.05, 4.69) is 0 Å². The average molecular weight is 471 g/mol. The fourth-order valence-corrected chi connectivity index (χ4v) is 4.70. The molecule has 0 saturated carbocycles. The van der Waals surface area contributed by atoms with Crippen molar-refractivity contribution in [1.29, 1.82) is 0 Å². The number of benzene rings is 4. The smallest absolute Gasteiger partial charge is 0.194 e. The van der Waals surface area contributed by atoms with Gasteiger partial charge < -0.3 is 5.11 Å². The van der Waals surface area contributed by atoms with E-state index in [4.69, 9.17) is 0 Å². The van der Waals surface area contributed by atoms with Crippen molar-refractivity contribution in [3.63, 3.8) is 0 Å². The molecule has 4 aromatic carbocycles. The third-order valence-electron chi connectivity index (χ3n) is 6.59. The standard InChI is InChI=1S/C33H26O3/c1-21-13-17-25(18-14-21)31(34)29-27(23-9-5-3-6-10-23)33(36)28(24-11-7-4-8-12-24)30(29)32(35)26-19-15-22(2)16-20-26/h3-20,33,36H,1-2H3. The summed E-state index contributed by atoms with van der Waals surface area (Å²) in [5, 5.41) is 11.8. The fraction of sp³-hybridized carbons (Fsp3) is 0.0909. The van der Waals surface area contributed by atoms with Gasteiger partial charge in [-0.1, -0.05) is 120 Å². The Kier molecular flexibility index (Phi) is 6.32. The molecule has 0 bridgehead atoms. The van der Waals surface area contributed by atoms with Crippen molar-refractivity contribution in [2.24, 2.45) is 0 Å². The van der Waals surface area contributed by atoms with Crippen molar-refractivity contribution >= 4 is 22.7 Å². The fourth-order valence-electron chi connectivity index (χ4n) is 4.70. The van der Waals surface area contributed by atoms with Gasteiger partial charge in [0.1, 0.15) is 6.10 Å². The van der Waals surface area contributed by atoms with Crippen LogP contribution in [0.25, 0.3) is 11.1 Å². The molecule has 3 nitrogen and oxygen atoms in total. The Labute approximate surface area is 211 Å². The van der Waals surface area contributed by atoms with E-state index in [0.717, 1.165) is 11.1 Å². The SMILES string of the molecule is Cc1ccc(C(=O)C2=C(c3ccccc3)C(O)C(c3ccccc3)=C2C(=O)c2ccc(C)cc2)cc1. The predicted octanol–water partition coefficient (Wildman–Crippen LogP) is 6.65. The molecular formula is C33H26O3. The third kappa shape index (κ3) is 4.26. The maximum Gasteiger partial charge on any atom is 0.194 e. The average Bonchev–Trinajstić information content (AvgIpc) is 3.22. The van der Waals surface area contributed by atoms with Gasteiger partial charge in [0, 0.05) is 33.4 Å². The van der Waals surface area contributed by atoms with E-state index in [0.29, 0.717) is 33.4 Å². The van der Waals surface area contributed by atoms with E-state index < -0.39 is 6.10 Å². The molecule has 1 N–H and O–H groups in total. The van der Waals surface area contributed by atoms with Crippen molar-refractivity contribution in [2.45, 2.75) is 20.0 Å². The molecule has 0 radical (unpaired) electrons. The van der Waals surface area contributed by atoms with Crippen molar-refractivity contribution in [3.05, 3.63) is 154 Å². The van der Waals surface area contributed by atoms with Gasteiger partial charge >= 0.3 is 0 Å². The monoisotopic (exact) mass is 470 g/mol. The molecule has 4 aromatic rings. The molecule has 0 spiro atoms. The molecule has 36 heavy (non-hydrogen) atoms. The maximum absolute atomic E-state index is 14.1. The number of hydrogen-bond donors (Lipinski definition) is 1. The number of hydrogen-bond acceptors (Lipinski definition) is 3. The predicted molar refractivity (Wildman–Crippen MR) is 144 cm³/mol. The number of aryl methyl sites for hydroxylation is 2. The quantitative estimate of drug-likeness (QED) is 0.321. The van der Waals surface area contributed by atoms with Gasteiger partial charge in [-0.25, -0.2) is 0 Å². The zero-order valence-corrected chi connectivity index (χ0v) is 20.2. The minimum absolute atomic E-state index is 0.252. The second-order valence-corrected chi connectivity index (χ2v) is 9.10. The molecule has 3 heteroatoms. The molecule has 0 unspecified atom stereocenters. The van der Waals surface area contributed by atoms with E-state index in [-0.39, 0.29) is 22.7 Å². The number of Topliss-reactive ketones (excluding diaryl/α,β-unsaturated/α-hetero) is 2. The first kappa shape index (κ1) is 23.4. The molecule has 0 aliphatic heterocycles. The second kappa shape index (κ2) is 9.73. The maximum atomic E-state index is 14.1. The topological polar surface area (TPSA) is 54.4 Å². The number of carbonyl (C=O) groups is 2. The van der Waals surface area contributed by atoms with E-state index in [1.54, 1.807) is 24.3 Å². The lowest BCUT2D eigenvalue weighted by atomic mass is 9.88. The molecule has 0 amide bonds. The molecule has 1 aliphatic rings. The van der Waals surface area contributed by atoms with Crippen molar-refractivity contribution in [3.8, 4) is 0 Å². The Morgan fingerprint density at radius 1 is 0.528 bits per heavy atom. The lowest BCUT2D eigenvalue weighted by Crippen LogP contribution is -2.13. The number of carbonyl (C=O) groups excluding carboxylic acids is 2. The van der Waals surface area contributed by atoms with Crippen molar-refractivity contribution in [1.82, 2.24) is 0 Å². The normalized spacial score (nSPS) is 13.9. The number of allylic oxidation sites excluding steroid dienone is 2. The molecule has 0 saturated heterocycles. The van der Waals surface area contributed by atoms with Crippen LogP contribution in [0.4, 0.5) is 0 Å². The number of aliphatic hydroxyl groups excluding tert-OH is 1. The molecule has 176 valence electrons. The molecule has 0 heterocycles. The minimum Gasteiger partial charge on any atom is -0.384 e. The Morgan fingerprint density at radius 3 is 1.19 bits per heavy atom. The van der Waals surface area contributed by atoms with Crippen LogP contribution in [-0.2, 0) is 0 Å². The summed E-state index contributed by atoms with van der Waals surface area (Å²) in [4.78, 5) is 28.2. The van der Waals surface area contributed by atoms with Crippen LogP contribution in [0.15, 0.2) is 120 Å². The zero-order chi connectivity index (χ0) is 25.2. The van der Waals surface area contributed by atoms with Crippen LogP contribution in [0.3, 0.4) is 0 Å². The summed E-state index contributed by atoms with van der Waals surface area (Å²) < 4.78 is 0. The summed E-state index contributed by atoms with van der Waals surface area (Å²) in [6.07, 6.45) is -1.14. The lowest BCUT2D eigenvalue weighted by molar-refractivity contribution is 0.0999. The first-order valence-corrected chi connectivity index (χ1v) is 12.0. The van der Waals surface area contributed by atoms with E-state index in [9.17, 15) is 14.7 Å². The van der Waals surface area contributed by atoms with Crippen LogP contribution in [0.1, 0.15) is 43.0 Å². The van der Waals surface area contributed by atoms with Gasteiger partial charge in [0.25, 0.3) is 0 Å². The minimum atomic E-state index is -1.14. The van der Waals surface area contributed by atoms with Crippen LogP contribution < -0.4 is 0 Å². The summed E-state index contributed by atoms with van der Waals surface area (Å²) in [5.41, 5.74) is 5.84. The highest BCUT2D eigenvalue weighted by atomic mass is 16.3. The molecule has 0 aromatic heterocycles. The van der Waals surface area contributed by atoms with Crippen LogP contribution in [0.5, 0.6) is 0 Å². The first-order chi connectivity index (χ1) is 17.5. The van der Waals surface area contributed by atoms with Gasteiger partial charge in [-0.3, -0.25) is 9.59 Å². The van der Waals surface area contributed by atoms with Crippen LogP contribution in [0, 0.1) is 13.8 Å². The van der Waals surface area contributed by atoms with Gasteiger partial charge in [0.05, 0.1) is 0 Å². The van der Waals surface area contributed by atoms with Gasteiger partial charge in [0.15, 0.2) is 11.6 Å². The van der Waals surface area contributed by atoms with E-state index >= 15 is 0 Å². The molecule has 5 rings (SSSR count). The van der Waals surface area contributed by atoms with E-state index in [1.807, 2.05) is 98.8 Å². The second-order valence-electron chi connectivity index (χ2n) is 9.10. The van der Waals surface area contributed by atoms with Gasteiger partial charge in [-0.05, 0) is 25.0 Å². The highest BCUT2D eigenvalue weighted by Gasteiger charge is 2.40. The van der Waals surface area contributed by atoms with Crippen LogP contribution >= 0.6 is 0 Å². The summed E-state index contributed by atoms with van der Waals surface area (Å²) in [6, 6.07) is 33.3. The summed E-state index contributed by atoms with van der Waals surface area (Å²) in [7, 11) is 0. The van der Waals surface area contributed by atoms with Gasteiger partial charge in [-0.2, -0.15) is 0 Å². The Hall–Kier alpha value is -4.34. The van der Waals surface area contributed by atoms with Crippen molar-refractivity contribution in [2.75, 3.05) is 0 Å². The Balaban J connectivity index is 1.81. The third-order valence-corrected chi connectivity index (χ3v) is 6.59. The Bertz CT molecular complexity index is 1370. The van der Waals surface area contributed by atoms with Gasteiger partial charge in [-0.15, -0.1) is 0 Å². The zero-order valence-electron chi connectivity index (χ0n) is 20.2. The van der Waals surface area contributed by atoms with E-state index in [1.165, 1.54) is 0 Å². The lowest BCUT2D eigenvalue weighted by Gasteiger charge is -2.15. The van der Waals surface area contributed by atoms with Gasteiger partial charge in [0.2, 0.25) is 0 Å². The highest BCUT2D eigenvalue weighted by Crippen LogP contribution is 2.45. The molecule has 1 aliphatic carbocycles. The van der Waals surface area contributed by atoms with Crippen LogP contribution in [-0.4, -0.2) is 22.8 Å². The van der Waals surface area contributed by atoms with Crippen molar-refractivity contribution < 1.29 is 14.7 Å². The highest BCUT2D eigenvalue weighted by molar-refractivity contribution is 6.32. The number of ketones is 2. The molecule has 0 atom stereocenters. The first-order valence-electron chi connectivity index (χ1n) is 12.0. The molecule has 0 fully saturated rings. The summed E-state index contributed by atoms with van der Waals surface area (Å²) in [5.74, 6) is -0.566. The summed E-state index contributed by atoms with van der Waals surface area (Å²) >= 11 is 0.